The van der Waals surface area contributed by atoms with E-state index in [4.69, 9.17) is 0 Å². The topological polar surface area (TPSA) is 86.7 Å². The van der Waals surface area contributed by atoms with Gasteiger partial charge in [0.1, 0.15) is 0 Å². The van der Waals surface area contributed by atoms with Crippen LogP contribution in [0.2, 0.25) is 0 Å². The molecule has 0 radical (unpaired) electrons. The van der Waals surface area contributed by atoms with E-state index in [0.29, 0.717) is 53.3 Å². The number of fused-ring (bicyclic) bond motifs is 5. The van der Waals surface area contributed by atoms with Crippen molar-refractivity contribution < 1.29 is 51.8 Å². The van der Waals surface area contributed by atoms with Gasteiger partial charge in [-0.2, -0.15) is 0 Å². The summed E-state index contributed by atoms with van der Waals surface area (Å²) in [5, 5.41) is 11.8. The van der Waals surface area contributed by atoms with Gasteiger partial charge in [0.25, 0.3) is 0 Å². The predicted molar refractivity (Wildman–Crippen MR) is 124 cm³/mol. The zero-order valence-corrected chi connectivity index (χ0v) is 24.4. The van der Waals surface area contributed by atoms with Gasteiger partial charge >= 0.3 is 29.6 Å². The summed E-state index contributed by atoms with van der Waals surface area (Å²) in [4.78, 5) is 0. The quantitative estimate of drug-likeness (QED) is 0.255. The smallest absolute Gasteiger partial charge is 0.726 e. The maximum absolute atomic E-state index is 11.8. The van der Waals surface area contributed by atoms with Crippen molar-refractivity contribution >= 4 is 10.4 Å². The first-order valence-corrected chi connectivity index (χ1v) is 14.6. The molecule has 7 heteroatoms. The summed E-state index contributed by atoms with van der Waals surface area (Å²) < 4.78 is 36.6. The molecule has 0 aliphatic heterocycles. The minimum Gasteiger partial charge on any atom is -0.726 e. The molecular weight excluding hydrogens is 447 g/mol. The molecule has 0 aromatic rings. The van der Waals surface area contributed by atoms with E-state index < -0.39 is 10.4 Å². The van der Waals surface area contributed by atoms with E-state index in [1.54, 1.807) is 0 Å². The zero-order chi connectivity index (χ0) is 23.3. The van der Waals surface area contributed by atoms with E-state index in [0.717, 1.165) is 12.8 Å². The summed E-state index contributed by atoms with van der Waals surface area (Å²) >= 11 is 0. The van der Waals surface area contributed by atoms with Crippen molar-refractivity contribution in [2.24, 2.45) is 52.3 Å². The van der Waals surface area contributed by atoms with Crippen molar-refractivity contribution in [3.8, 4) is 0 Å². The van der Waals surface area contributed by atoms with E-state index in [1.807, 2.05) is 0 Å². The molecule has 186 valence electrons. The number of hydrogen-bond acceptors (Lipinski definition) is 5. The number of aliphatic hydroxyl groups excluding tert-OH is 1. The van der Waals surface area contributed by atoms with Crippen molar-refractivity contribution in [1.82, 2.24) is 0 Å². The molecule has 0 bridgehead atoms. The summed E-state index contributed by atoms with van der Waals surface area (Å²) in [6.45, 7) is 9.63. The third-order valence-electron chi connectivity index (χ3n) is 11.1. The standard InChI is InChI=1S/C26H46O5S.Na/c1-5-18-20-10-6-7-14-25(20,3)22-13-15-26(4)19(11-12-21(26)23(22)24(18)27)17(2)9-8-16-31-32(28,29)30;/h17-24,27H,5-16H2,1-4H3,(H,28,29,30);/q;+1/p-1/t17-,18-,19-,20+,21+,22+,23+,24-,25+,26-;/m1./s1. The van der Waals surface area contributed by atoms with E-state index in [2.05, 4.69) is 31.9 Å². The Balaban J connectivity index is 0.00000306. The van der Waals surface area contributed by atoms with Gasteiger partial charge in [-0.1, -0.05) is 47.0 Å². The first kappa shape index (κ1) is 28.4. The second-order valence-corrected chi connectivity index (χ2v) is 13.3. The molecule has 4 rings (SSSR count). The van der Waals surface area contributed by atoms with Crippen molar-refractivity contribution in [3.05, 3.63) is 0 Å². The average molecular weight is 493 g/mol. The fraction of sp³-hybridized carbons (Fsp3) is 1.00. The van der Waals surface area contributed by atoms with Crippen LogP contribution in [0.5, 0.6) is 0 Å². The van der Waals surface area contributed by atoms with Crippen LogP contribution in [-0.2, 0) is 14.6 Å². The van der Waals surface area contributed by atoms with Crippen LogP contribution in [0.15, 0.2) is 0 Å². The fourth-order valence-electron chi connectivity index (χ4n) is 9.78. The van der Waals surface area contributed by atoms with E-state index in [9.17, 15) is 18.1 Å². The van der Waals surface area contributed by atoms with Crippen LogP contribution >= 0.6 is 0 Å². The summed E-state index contributed by atoms with van der Waals surface area (Å²) in [5.74, 6) is 3.90. The van der Waals surface area contributed by atoms with Gasteiger partial charge in [-0.05, 0) is 104 Å². The Bertz CT molecular complexity index is 775. The summed E-state index contributed by atoms with van der Waals surface area (Å²) in [7, 11) is -4.59. The van der Waals surface area contributed by atoms with Crippen molar-refractivity contribution in [2.75, 3.05) is 6.61 Å². The van der Waals surface area contributed by atoms with Crippen molar-refractivity contribution in [3.63, 3.8) is 0 Å². The SMILES string of the molecule is CC[C@H]1[C@@H](O)[C@@H]2[C@H](CC[C@]3(C)[C@@H]([C@H](C)CCCOS(=O)(=O)[O-])CC[C@@H]23)[C@@]2(C)CCCC[C@@H]12.[Na+]. The fourth-order valence-corrected chi connectivity index (χ4v) is 10.1. The predicted octanol–water partition coefficient (Wildman–Crippen LogP) is 2.54. The number of hydrogen-bond donors (Lipinski definition) is 1. The zero-order valence-electron chi connectivity index (χ0n) is 21.6. The van der Waals surface area contributed by atoms with Gasteiger partial charge in [-0.25, -0.2) is 8.42 Å². The number of aliphatic hydroxyl groups is 1. The Labute approximate surface area is 224 Å². The van der Waals surface area contributed by atoms with Gasteiger partial charge in [0.05, 0.1) is 12.7 Å². The molecule has 0 aromatic carbocycles. The van der Waals surface area contributed by atoms with Crippen LogP contribution in [0.1, 0.15) is 98.3 Å². The minimum atomic E-state index is -4.59. The maximum Gasteiger partial charge on any atom is 1.00 e. The molecule has 10 atom stereocenters. The van der Waals surface area contributed by atoms with Crippen LogP contribution in [0.3, 0.4) is 0 Å². The molecule has 4 aliphatic rings. The molecule has 5 nitrogen and oxygen atoms in total. The molecule has 0 amide bonds. The third-order valence-corrected chi connectivity index (χ3v) is 11.6. The second kappa shape index (κ2) is 10.7. The molecule has 4 fully saturated rings. The van der Waals surface area contributed by atoms with Gasteiger partial charge in [0.2, 0.25) is 10.4 Å². The summed E-state index contributed by atoms with van der Waals surface area (Å²) in [6.07, 6.45) is 12.7. The van der Waals surface area contributed by atoms with Crippen LogP contribution < -0.4 is 29.6 Å². The molecular formula is C26H45NaO5S. The van der Waals surface area contributed by atoms with Gasteiger partial charge in [0.15, 0.2) is 0 Å². The first-order valence-electron chi connectivity index (χ1n) is 13.3. The summed E-state index contributed by atoms with van der Waals surface area (Å²) in [6, 6.07) is 0. The van der Waals surface area contributed by atoms with Gasteiger partial charge in [-0.15, -0.1) is 0 Å². The van der Waals surface area contributed by atoms with Gasteiger partial charge < -0.3 is 9.66 Å². The van der Waals surface area contributed by atoms with Gasteiger partial charge in [0, 0.05) is 0 Å². The molecule has 0 heterocycles. The molecule has 1 N–H and O–H groups in total. The molecule has 4 aliphatic carbocycles. The largest absolute Gasteiger partial charge is 1.00 e. The van der Waals surface area contributed by atoms with E-state index >= 15 is 0 Å². The first-order chi connectivity index (χ1) is 15.0. The van der Waals surface area contributed by atoms with E-state index in [1.165, 1.54) is 51.4 Å². The van der Waals surface area contributed by atoms with Crippen LogP contribution in [0.4, 0.5) is 0 Å². The normalized spacial score (nSPS) is 45.9. The second-order valence-electron chi connectivity index (χ2n) is 12.3. The Hall–Kier alpha value is 0.830. The monoisotopic (exact) mass is 492 g/mol. The van der Waals surface area contributed by atoms with Crippen molar-refractivity contribution in [1.29, 1.82) is 0 Å². The molecule has 0 unspecified atom stereocenters. The summed E-state index contributed by atoms with van der Waals surface area (Å²) in [5.41, 5.74) is 0.651. The van der Waals surface area contributed by atoms with Crippen LogP contribution in [-0.4, -0.2) is 30.8 Å². The Morgan fingerprint density at radius 3 is 2.39 bits per heavy atom. The van der Waals surface area contributed by atoms with Crippen LogP contribution in [0, 0.1) is 52.3 Å². The molecule has 4 saturated carbocycles. The average Bonchev–Trinajstić information content (AvgIpc) is 3.08. The Morgan fingerprint density at radius 2 is 1.73 bits per heavy atom. The molecule has 33 heavy (non-hydrogen) atoms. The Kier molecular flexibility index (Phi) is 9.18. The Morgan fingerprint density at radius 1 is 1.03 bits per heavy atom. The third kappa shape index (κ3) is 5.15. The van der Waals surface area contributed by atoms with Gasteiger partial charge in [-0.3, -0.25) is 4.18 Å². The van der Waals surface area contributed by atoms with E-state index in [-0.39, 0.29) is 47.7 Å². The maximum atomic E-state index is 11.8. The molecule has 0 aromatic heterocycles. The van der Waals surface area contributed by atoms with Crippen molar-refractivity contribution in [2.45, 2.75) is 104 Å². The number of rotatable bonds is 7. The minimum absolute atomic E-state index is 0. The molecule has 0 spiro atoms. The van der Waals surface area contributed by atoms with Crippen LogP contribution in [0.25, 0.3) is 0 Å². The molecule has 0 saturated heterocycles.